The molecule has 1 aromatic carbocycles. The first-order valence-electron chi connectivity index (χ1n) is 9.32. The van der Waals surface area contributed by atoms with Gasteiger partial charge in [0.05, 0.1) is 13.7 Å². The molecule has 1 aromatic rings. The second-order valence-electron chi connectivity index (χ2n) is 7.42. The zero-order valence-electron chi connectivity index (χ0n) is 14.7. The van der Waals surface area contributed by atoms with Gasteiger partial charge in [-0.05, 0) is 56.7 Å². The number of fused-ring (bicyclic) bond motifs is 1. The topological polar surface area (TPSA) is 47.6 Å². The van der Waals surface area contributed by atoms with Gasteiger partial charge in [0, 0.05) is 17.0 Å². The number of hydrogen-bond donors (Lipinski definition) is 1. The molecule has 1 saturated carbocycles. The molecular formula is C20H27NO3. The summed E-state index contributed by atoms with van der Waals surface area (Å²) < 4.78 is 11.0. The van der Waals surface area contributed by atoms with Crippen molar-refractivity contribution in [2.45, 2.75) is 56.9 Å². The molecule has 24 heavy (non-hydrogen) atoms. The molecule has 1 aliphatic heterocycles. The first kappa shape index (κ1) is 15.9. The lowest BCUT2D eigenvalue weighted by Gasteiger charge is -2.56. The average Bonchev–Trinajstić information content (AvgIpc) is 2.60. The van der Waals surface area contributed by atoms with Gasteiger partial charge in [0.25, 0.3) is 0 Å². The summed E-state index contributed by atoms with van der Waals surface area (Å²) in [6, 6.07) is 4.64. The lowest BCUT2D eigenvalue weighted by molar-refractivity contribution is 0.0519. The second-order valence-corrected chi connectivity index (χ2v) is 7.42. The lowest BCUT2D eigenvalue weighted by Crippen LogP contribution is -2.59. The van der Waals surface area contributed by atoms with Gasteiger partial charge in [0.1, 0.15) is 11.3 Å². The van der Waals surface area contributed by atoms with Crippen molar-refractivity contribution >= 4 is 5.97 Å². The highest BCUT2D eigenvalue weighted by Crippen LogP contribution is 2.55. The summed E-state index contributed by atoms with van der Waals surface area (Å²) in [4.78, 5) is 12.3. The van der Waals surface area contributed by atoms with Gasteiger partial charge in [-0.25, -0.2) is 4.79 Å². The molecule has 1 heterocycles. The fourth-order valence-electron chi connectivity index (χ4n) is 5.59. The summed E-state index contributed by atoms with van der Waals surface area (Å²) in [5.41, 5.74) is 3.53. The number of rotatable bonds is 3. The van der Waals surface area contributed by atoms with Crippen LogP contribution in [0.15, 0.2) is 12.1 Å². The van der Waals surface area contributed by atoms with Crippen LogP contribution in [-0.2, 0) is 16.6 Å². The maximum absolute atomic E-state index is 12.3. The smallest absolute Gasteiger partial charge is 0.341 e. The molecule has 1 saturated heterocycles. The van der Waals surface area contributed by atoms with Crippen LogP contribution in [0.4, 0.5) is 0 Å². The SMILES string of the molecule is CCOC(=O)c1ccc2c(c1OC)C[C@H]1NCC[C@@]23CCCC[C@@H]13. The van der Waals surface area contributed by atoms with Crippen LogP contribution in [0.3, 0.4) is 0 Å². The Morgan fingerprint density at radius 1 is 1.33 bits per heavy atom. The molecule has 3 aliphatic rings. The van der Waals surface area contributed by atoms with Crippen LogP contribution < -0.4 is 10.1 Å². The number of benzene rings is 1. The van der Waals surface area contributed by atoms with Crippen molar-refractivity contribution < 1.29 is 14.3 Å². The van der Waals surface area contributed by atoms with Crippen molar-refractivity contribution in [1.29, 1.82) is 0 Å². The maximum Gasteiger partial charge on any atom is 0.341 e. The minimum Gasteiger partial charge on any atom is -0.496 e. The molecule has 2 fully saturated rings. The molecule has 130 valence electrons. The van der Waals surface area contributed by atoms with E-state index in [1.165, 1.54) is 43.2 Å². The van der Waals surface area contributed by atoms with Gasteiger partial charge in [0.15, 0.2) is 0 Å². The van der Waals surface area contributed by atoms with Crippen molar-refractivity contribution in [2.24, 2.45) is 5.92 Å². The number of esters is 1. The highest BCUT2D eigenvalue weighted by Gasteiger charge is 2.52. The van der Waals surface area contributed by atoms with Gasteiger partial charge >= 0.3 is 5.97 Å². The molecule has 0 amide bonds. The zero-order chi connectivity index (χ0) is 16.7. The first-order chi connectivity index (χ1) is 11.7. The van der Waals surface area contributed by atoms with E-state index >= 15 is 0 Å². The van der Waals surface area contributed by atoms with Crippen LogP contribution in [0, 0.1) is 5.92 Å². The largest absolute Gasteiger partial charge is 0.496 e. The number of methoxy groups -OCH3 is 1. The molecule has 3 atom stereocenters. The van der Waals surface area contributed by atoms with E-state index in [2.05, 4.69) is 11.4 Å². The van der Waals surface area contributed by atoms with E-state index in [-0.39, 0.29) is 11.4 Å². The normalized spacial score (nSPS) is 30.9. The average molecular weight is 329 g/mol. The van der Waals surface area contributed by atoms with E-state index in [0.717, 1.165) is 24.6 Å². The standard InChI is InChI=1S/C20H27NO3/c1-3-24-19(22)13-7-8-15-14(18(13)23-2)12-17-16-6-4-5-9-20(15,16)10-11-21-17/h7-8,16-17,21H,3-6,9-12H2,1-2H3/t16-,17+,20-/m0/s1. The third kappa shape index (κ3) is 2.19. The maximum atomic E-state index is 12.3. The highest BCUT2D eigenvalue weighted by atomic mass is 16.5. The van der Waals surface area contributed by atoms with Crippen molar-refractivity contribution in [3.63, 3.8) is 0 Å². The van der Waals surface area contributed by atoms with Gasteiger partial charge in [0.2, 0.25) is 0 Å². The Bertz CT molecular complexity index is 653. The lowest BCUT2D eigenvalue weighted by atomic mass is 9.52. The van der Waals surface area contributed by atoms with E-state index in [9.17, 15) is 4.79 Å². The summed E-state index contributed by atoms with van der Waals surface area (Å²) in [6.45, 7) is 3.32. The monoisotopic (exact) mass is 329 g/mol. The summed E-state index contributed by atoms with van der Waals surface area (Å²) in [6.07, 6.45) is 7.40. The minimum absolute atomic E-state index is 0.279. The molecule has 2 bridgehead atoms. The Hall–Kier alpha value is -1.55. The van der Waals surface area contributed by atoms with E-state index < -0.39 is 0 Å². The van der Waals surface area contributed by atoms with Crippen LogP contribution in [0.25, 0.3) is 0 Å². The molecule has 0 radical (unpaired) electrons. The summed E-state index contributed by atoms with van der Waals surface area (Å²) >= 11 is 0. The third-order valence-corrected chi connectivity index (χ3v) is 6.48. The Morgan fingerprint density at radius 3 is 3.00 bits per heavy atom. The summed E-state index contributed by atoms with van der Waals surface area (Å²) in [5.74, 6) is 1.19. The minimum atomic E-state index is -0.279. The quantitative estimate of drug-likeness (QED) is 0.865. The number of carbonyl (C=O) groups is 1. The molecule has 4 nitrogen and oxygen atoms in total. The molecule has 0 unspecified atom stereocenters. The van der Waals surface area contributed by atoms with Crippen molar-refractivity contribution in [2.75, 3.05) is 20.3 Å². The van der Waals surface area contributed by atoms with Gasteiger partial charge in [-0.15, -0.1) is 0 Å². The number of hydrogen-bond acceptors (Lipinski definition) is 4. The van der Waals surface area contributed by atoms with Gasteiger partial charge in [-0.2, -0.15) is 0 Å². The Kier molecular flexibility index (Phi) is 4.03. The van der Waals surface area contributed by atoms with Crippen molar-refractivity contribution in [3.05, 3.63) is 28.8 Å². The predicted molar refractivity (Wildman–Crippen MR) is 92.7 cm³/mol. The van der Waals surface area contributed by atoms with Crippen LogP contribution in [0.2, 0.25) is 0 Å². The van der Waals surface area contributed by atoms with Crippen LogP contribution in [0.5, 0.6) is 5.75 Å². The van der Waals surface area contributed by atoms with Crippen LogP contribution in [0.1, 0.15) is 60.5 Å². The fourth-order valence-corrected chi connectivity index (χ4v) is 5.59. The summed E-state index contributed by atoms with van der Waals surface area (Å²) in [7, 11) is 1.67. The van der Waals surface area contributed by atoms with E-state index in [0.29, 0.717) is 18.2 Å². The number of nitrogens with one attached hydrogen (secondary N) is 1. The van der Waals surface area contributed by atoms with Gasteiger partial charge in [-0.1, -0.05) is 18.9 Å². The molecule has 4 rings (SSSR count). The fraction of sp³-hybridized carbons (Fsp3) is 0.650. The van der Waals surface area contributed by atoms with Crippen molar-refractivity contribution in [1.82, 2.24) is 5.32 Å². The molecule has 2 aliphatic carbocycles. The van der Waals surface area contributed by atoms with Crippen molar-refractivity contribution in [3.8, 4) is 5.75 Å². The first-order valence-corrected chi connectivity index (χ1v) is 9.32. The van der Waals surface area contributed by atoms with E-state index in [1.54, 1.807) is 7.11 Å². The van der Waals surface area contributed by atoms with E-state index in [4.69, 9.17) is 9.47 Å². The Labute approximate surface area is 143 Å². The number of carbonyl (C=O) groups excluding carboxylic acids is 1. The Morgan fingerprint density at radius 2 is 2.21 bits per heavy atom. The molecule has 0 spiro atoms. The number of piperidine rings is 1. The third-order valence-electron chi connectivity index (χ3n) is 6.48. The van der Waals surface area contributed by atoms with Gasteiger partial charge < -0.3 is 14.8 Å². The molecule has 0 aromatic heterocycles. The molecule has 4 heteroatoms. The zero-order valence-corrected chi connectivity index (χ0v) is 14.7. The van der Waals surface area contributed by atoms with Crippen LogP contribution >= 0.6 is 0 Å². The van der Waals surface area contributed by atoms with E-state index in [1.807, 2.05) is 13.0 Å². The molecular weight excluding hydrogens is 302 g/mol. The number of ether oxygens (including phenoxy) is 2. The summed E-state index contributed by atoms with van der Waals surface area (Å²) in [5, 5.41) is 3.74. The van der Waals surface area contributed by atoms with Crippen LogP contribution in [-0.4, -0.2) is 32.3 Å². The molecule has 1 N–H and O–H groups in total. The Balaban J connectivity index is 1.85. The van der Waals surface area contributed by atoms with Gasteiger partial charge in [-0.3, -0.25) is 0 Å². The predicted octanol–water partition coefficient (Wildman–Crippen LogP) is 3.22. The second kappa shape index (κ2) is 6.07. The highest BCUT2D eigenvalue weighted by molar-refractivity contribution is 5.93.